The number of hydrogen-bond acceptors (Lipinski definition) is 5. The Morgan fingerprint density at radius 1 is 0.324 bits per heavy atom. The van der Waals surface area contributed by atoms with Gasteiger partial charge in [0.2, 0.25) is 0 Å². The van der Waals surface area contributed by atoms with Gasteiger partial charge in [-0.2, -0.15) is 0 Å². The van der Waals surface area contributed by atoms with Crippen molar-refractivity contribution in [1.29, 1.82) is 0 Å². The molecule has 7 aromatic carbocycles. The molecule has 0 saturated heterocycles. The van der Waals surface area contributed by atoms with Gasteiger partial charge >= 0.3 is 0 Å². The molecule has 0 amide bonds. The molecule has 11 aromatic rings. The Kier molecular flexibility index (Phi) is 9.63. The normalized spacial score (nSPS) is 12.9. The Hall–Kier alpha value is -8.81. The zero-order valence-electron chi connectivity index (χ0n) is 37.2. The Bertz CT molecular complexity index is 3370. The van der Waals surface area contributed by atoms with Crippen LogP contribution in [0.25, 0.3) is 113 Å². The number of rotatable bonds is 8. The number of allylic oxidation sites excluding steroid dienone is 2. The van der Waals surface area contributed by atoms with E-state index in [1.165, 1.54) is 44.3 Å². The van der Waals surface area contributed by atoms with Crippen molar-refractivity contribution in [3.8, 4) is 79.4 Å². The largest absolute Gasteiger partial charge is 0.313 e. The highest BCUT2D eigenvalue weighted by Crippen LogP contribution is 2.44. The molecule has 0 unspecified atom stereocenters. The third-order valence-electron chi connectivity index (χ3n) is 13.3. The molecule has 0 spiro atoms. The first-order valence-corrected chi connectivity index (χ1v) is 23.4. The molecule has 4 heterocycles. The molecule has 0 N–H and O–H groups in total. The molecule has 0 radical (unpaired) electrons. The number of hydrogen-bond donors (Lipinski definition) is 0. The molecule has 2 aliphatic carbocycles. The van der Waals surface area contributed by atoms with E-state index in [0.29, 0.717) is 23.3 Å². The molecule has 7 nitrogen and oxygen atoms in total. The van der Waals surface area contributed by atoms with E-state index in [9.17, 15) is 0 Å². The highest BCUT2D eigenvalue weighted by molar-refractivity contribution is 6.16. The van der Waals surface area contributed by atoms with Crippen molar-refractivity contribution >= 4 is 34.0 Å². The molecule has 0 bridgehead atoms. The van der Waals surface area contributed by atoms with E-state index in [0.717, 1.165) is 81.8 Å². The maximum Gasteiger partial charge on any atom is 0.164 e. The van der Waals surface area contributed by atoms with Crippen molar-refractivity contribution in [2.45, 2.75) is 25.7 Å². The van der Waals surface area contributed by atoms with Gasteiger partial charge in [0, 0.05) is 78.0 Å². The number of aromatic nitrogens is 7. The van der Waals surface area contributed by atoms with Gasteiger partial charge in [-0.15, -0.1) is 0 Å². The monoisotopic (exact) mass is 873 g/mol. The predicted octanol–water partition coefficient (Wildman–Crippen LogP) is 14.5. The number of fused-ring (bicyclic) bond motifs is 7. The Morgan fingerprint density at radius 2 is 0.662 bits per heavy atom. The van der Waals surface area contributed by atoms with Crippen LogP contribution in [0.4, 0.5) is 0 Å². The average Bonchev–Trinajstić information content (AvgIpc) is 3.94. The standard InChI is InChI=1S/C61H43N7/c1-5-17-40(18-6-1)50-39-51(41-19-7-2-8-20-41)63-58(62-50)44-29-33-46(34-30-44)67-52-27-15-13-25-48(52)56-54(67)37-38-55-57(56)49-26-14-16-28-53(49)68(55)47-35-31-45(32-36-47)61-65-59(42-21-9-3-10-22-42)64-60(66-61)43-23-11-4-12-24-43/h1-14,17-26,29-39H,15-16,27-28H2. The molecule has 68 heavy (non-hydrogen) atoms. The van der Waals surface area contributed by atoms with Gasteiger partial charge in [0.05, 0.1) is 22.4 Å². The maximum atomic E-state index is 5.12. The summed E-state index contributed by atoms with van der Waals surface area (Å²) in [6.45, 7) is 0. The first-order valence-electron chi connectivity index (χ1n) is 23.4. The lowest BCUT2D eigenvalue weighted by atomic mass is 9.96. The quantitative estimate of drug-likeness (QED) is 0.152. The van der Waals surface area contributed by atoms with Crippen molar-refractivity contribution in [2.24, 2.45) is 0 Å². The summed E-state index contributed by atoms with van der Waals surface area (Å²) in [5.41, 5.74) is 17.7. The van der Waals surface area contributed by atoms with Crippen LogP contribution in [0.1, 0.15) is 35.4 Å². The fraction of sp³-hybridized carbons (Fsp3) is 0.0656. The first-order chi connectivity index (χ1) is 33.7. The third-order valence-corrected chi connectivity index (χ3v) is 13.3. The molecule has 0 fully saturated rings. The van der Waals surface area contributed by atoms with Gasteiger partial charge in [0.15, 0.2) is 23.3 Å². The zero-order valence-corrected chi connectivity index (χ0v) is 37.2. The van der Waals surface area contributed by atoms with E-state index in [1.807, 2.05) is 72.8 Å². The lowest BCUT2D eigenvalue weighted by molar-refractivity contribution is 0.887. The highest BCUT2D eigenvalue weighted by atomic mass is 15.0. The number of nitrogens with zero attached hydrogens (tertiary/aromatic N) is 7. The lowest BCUT2D eigenvalue weighted by Crippen LogP contribution is -2.04. The number of benzene rings is 7. The molecule has 4 aromatic heterocycles. The fourth-order valence-electron chi connectivity index (χ4n) is 10.1. The molecular weight excluding hydrogens is 831 g/mol. The molecule has 322 valence electrons. The van der Waals surface area contributed by atoms with Crippen molar-refractivity contribution in [3.63, 3.8) is 0 Å². The summed E-state index contributed by atoms with van der Waals surface area (Å²) in [4.78, 5) is 25.2. The summed E-state index contributed by atoms with van der Waals surface area (Å²) >= 11 is 0. The van der Waals surface area contributed by atoms with E-state index in [2.05, 4.69) is 149 Å². The second kappa shape index (κ2) is 16.6. The van der Waals surface area contributed by atoms with E-state index in [4.69, 9.17) is 24.9 Å². The van der Waals surface area contributed by atoms with E-state index in [1.54, 1.807) is 0 Å². The SMILES string of the molecule is C1=Cc2c(n(-c3ccc(-c4nc(-c5ccccc5)cc(-c5ccccc5)n4)cc3)c3ccc4c(c5c(n4-c4ccc(-c6nc(-c7ccccc7)nc(-c7ccccc7)n6)cc4)CCC=C5)c23)CC1. The van der Waals surface area contributed by atoms with E-state index < -0.39 is 0 Å². The molecular formula is C61H43N7. The highest BCUT2D eigenvalue weighted by Gasteiger charge is 2.27. The molecule has 13 rings (SSSR count). The summed E-state index contributed by atoms with van der Waals surface area (Å²) in [5.74, 6) is 2.65. The van der Waals surface area contributed by atoms with Crippen molar-refractivity contribution < 1.29 is 0 Å². The average molecular weight is 874 g/mol. The van der Waals surface area contributed by atoms with Gasteiger partial charge in [-0.25, -0.2) is 24.9 Å². The minimum atomic E-state index is 0.645. The topological polar surface area (TPSA) is 74.3 Å². The first kappa shape index (κ1) is 39.5. The van der Waals surface area contributed by atoms with Crippen LogP contribution in [0, 0.1) is 0 Å². The van der Waals surface area contributed by atoms with Crippen LogP contribution in [0.2, 0.25) is 0 Å². The molecule has 0 atom stereocenters. The Balaban J connectivity index is 0.913. The van der Waals surface area contributed by atoms with Crippen LogP contribution < -0.4 is 0 Å². The molecule has 7 heteroatoms. The van der Waals surface area contributed by atoms with Crippen molar-refractivity contribution in [1.82, 2.24) is 34.1 Å². The van der Waals surface area contributed by atoms with Crippen LogP contribution in [0.15, 0.2) is 200 Å². The van der Waals surface area contributed by atoms with Crippen molar-refractivity contribution in [2.75, 3.05) is 0 Å². The van der Waals surface area contributed by atoms with Gasteiger partial charge in [-0.3, -0.25) is 0 Å². The second-order valence-corrected chi connectivity index (χ2v) is 17.5. The summed E-state index contributed by atoms with van der Waals surface area (Å²) in [7, 11) is 0. The second-order valence-electron chi connectivity index (χ2n) is 17.5. The lowest BCUT2D eigenvalue weighted by Gasteiger charge is -2.14. The molecule has 0 saturated carbocycles. The molecule has 0 aliphatic heterocycles. The summed E-state index contributed by atoms with van der Waals surface area (Å²) in [6.07, 6.45) is 13.3. The van der Waals surface area contributed by atoms with Gasteiger partial charge in [0.25, 0.3) is 0 Å². The van der Waals surface area contributed by atoms with Crippen LogP contribution in [0.5, 0.6) is 0 Å². The minimum Gasteiger partial charge on any atom is -0.313 e. The van der Waals surface area contributed by atoms with Gasteiger partial charge in [-0.05, 0) is 92.4 Å². The van der Waals surface area contributed by atoms with E-state index >= 15 is 0 Å². The van der Waals surface area contributed by atoms with Gasteiger partial charge in [-0.1, -0.05) is 146 Å². The zero-order chi connectivity index (χ0) is 45.0. The summed E-state index contributed by atoms with van der Waals surface area (Å²) in [6, 6.07) is 65.3. The predicted molar refractivity (Wildman–Crippen MR) is 276 cm³/mol. The summed E-state index contributed by atoms with van der Waals surface area (Å²) < 4.78 is 4.97. The van der Waals surface area contributed by atoms with Crippen LogP contribution >= 0.6 is 0 Å². The fourth-order valence-corrected chi connectivity index (χ4v) is 10.1. The Morgan fingerprint density at radius 3 is 1.04 bits per heavy atom. The van der Waals surface area contributed by atoms with Crippen LogP contribution in [0.3, 0.4) is 0 Å². The van der Waals surface area contributed by atoms with E-state index in [-0.39, 0.29) is 0 Å². The third kappa shape index (κ3) is 6.86. The van der Waals surface area contributed by atoms with Gasteiger partial charge < -0.3 is 9.13 Å². The molecule has 2 aliphatic rings. The minimum absolute atomic E-state index is 0.645. The maximum absolute atomic E-state index is 5.12. The van der Waals surface area contributed by atoms with Crippen molar-refractivity contribution in [3.05, 3.63) is 223 Å². The van der Waals surface area contributed by atoms with Gasteiger partial charge in [0.1, 0.15) is 0 Å². The summed E-state index contributed by atoms with van der Waals surface area (Å²) in [5, 5.41) is 2.60. The van der Waals surface area contributed by atoms with Crippen LogP contribution in [-0.4, -0.2) is 34.1 Å². The smallest absolute Gasteiger partial charge is 0.164 e. The van der Waals surface area contributed by atoms with Crippen LogP contribution in [-0.2, 0) is 12.8 Å². The Labute approximate surface area is 394 Å².